The standard InChI is InChI=1S/C20H17F4N5O2/c21-19(22)9-29(10-20(19,23)24)18(31)16-12-8-28(6-5-14(12)26-27-16)17(30)15-7-11-3-1-2-4-13(11)25-15/h1-4,7,25H,5-6,8-10H2,(H,26,27). The van der Waals surface area contributed by atoms with Crippen molar-refractivity contribution in [1.29, 1.82) is 0 Å². The predicted molar refractivity (Wildman–Crippen MR) is 101 cm³/mol. The lowest BCUT2D eigenvalue weighted by Crippen LogP contribution is -2.38. The number of hydrogen-bond donors (Lipinski definition) is 2. The van der Waals surface area contributed by atoms with Crippen molar-refractivity contribution >= 4 is 22.7 Å². The Morgan fingerprint density at radius 1 is 1.00 bits per heavy atom. The number of amides is 2. The number of carbonyl (C=O) groups is 2. The van der Waals surface area contributed by atoms with E-state index in [1.165, 1.54) is 4.90 Å². The summed E-state index contributed by atoms with van der Waals surface area (Å²) in [5.74, 6) is -9.89. The van der Waals surface area contributed by atoms with Crippen molar-refractivity contribution in [1.82, 2.24) is 25.0 Å². The number of para-hydroxylation sites is 1. The molecule has 4 heterocycles. The normalized spacial score (nSPS) is 19.6. The van der Waals surface area contributed by atoms with E-state index in [1.54, 1.807) is 6.07 Å². The molecule has 3 aromatic rings. The van der Waals surface area contributed by atoms with Gasteiger partial charge in [0.1, 0.15) is 5.69 Å². The van der Waals surface area contributed by atoms with Crippen molar-refractivity contribution in [3.63, 3.8) is 0 Å². The first-order valence-corrected chi connectivity index (χ1v) is 9.64. The van der Waals surface area contributed by atoms with Gasteiger partial charge in [0.25, 0.3) is 11.8 Å². The number of nitrogens with one attached hydrogen (secondary N) is 2. The third kappa shape index (κ3) is 3.06. The van der Waals surface area contributed by atoms with Crippen LogP contribution < -0.4 is 0 Å². The summed E-state index contributed by atoms with van der Waals surface area (Å²) in [7, 11) is 0. The van der Waals surface area contributed by atoms with Crippen LogP contribution in [0.1, 0.15) is 32.2 Å². The predicted octanol–water partition coefficient (Wildman–Crippen LogP) is 2.82. The molecule has 31 heavy (non-hydrogen) atoms. The maximum atomic E-state index is 13.5. The molecule has 2 amide bonds. The van der Waals surface area contributed by atoms with Crippen molar-refractivity contribution < 1.29 is 27.2 Å². The fourth-order valence-electron chi connectivity index (χ4n) is 4.06. The van der Waals surface area contributed by atoms with Gasteiger partial charge in [0.2, 0.25) is 0 Å². The fourth-order valence-corrected chi connectivity index (χ4v) is 4.06. The van der Waals surface area contributed by atoms with E-state index in [0.717, 1.165) is 10.9 Å². The summed E-state index contributed by atoms with van der Waals surface area (Å²) < 4.78 is 54.1. The first-order valence-electron chi connectivity index (χ1n) is 9.64. The minimum atomic E-state index is -4.29. The van der Waals surface area contributed by atoms with Crippen LogP contribution in [0.2, 0.25) is 0 Å². The molecule has 0 bridgehead atoms. The molecular weight excluding hydrogens is 418 g/mol. The molecule has 2 aliphatic heterocycles. The van der Waals surface area contributed by atoms with E-state index in [4.69, 9.17) is 0 Å². The van der Waals surface area contributed by atoms with Gasteiger partial charge in [-0.3, -0.25) is 14.7 Å². The molecule has 2 N–H and O–H groups in total. The Hall–Kier alpha value is -3.37. The fraction of sp³-hybridized carbons (Fsp3) is 0.350. The number of alkyl halides is 4. The molecule has 162 valence electrons. The molecular formula is C20H17F4N5O2. The Bertz CT molecular complexity index is 1150. The lowest BCUT2D eigenvalue weighted by atomic mass is 10.0. The van der Waals surface area contributed by atoms with Gasteiger partial charge in [-0.05, 0) is 12.1 Å². The quantitative estimate of drug-likeness (QED) is 0.607. The van der Waals surface area contributed by atoms with Gasteiger partial charge in [0, 0.05) is 35.1 Å². The van der Waals surface area contributed by atoms with Gasteiger partial charge in [0.05, 0.1) is 19.6 Å². The molecule has 5 rings (SSSR count). The van der Waals surface area contributed by atoms with Crippen LogP contribution in [0.3, 0.4) is 0 Å². The largest absolute Gasteiger partial charge is 0.351 e. The summed E-state index contributed by atoms with van der Waals surface area (Å²) in [6, 6.07) is 9.13. The molecule has 2 aromatic heterocycles. The highest BCUT2D eigenvalue weighted by molar-refractivity contribution is 5.99. The monoisotopic (exact) mass is 435 g/mol. The second-order valence-electron chi connectivity index (χ2n) is 7.85. The number of nitrogens with zero attached hydrogens (tertiary/aromatic N) is 3. The number of likely N-dealkylation sites (tertiary alicyclic amines) is 1. The maximum absolute atomic E-state index is 13.5. The van der Waals surface area contributed by atoms with Gasteiger partial charge in [-0.15, -0.1) is 0 Å². The van der Waals surface area contributed by atoms with Gasteiger partial charge in [0.15, 0.2) is 5.69 Å². The average Bonchev–Trinajstić information content (AvgIpc) is 3.40. The molecule has 1 aromatic carbocycles. The second-order valence-corrected chi connectivity index (χ2v) is 7.85. The van der Waals surface area contributed by atoms with E-state index in [1.807, 2.05) is 24.3 Å². The van der Waals surface area contributed by atoms with E-state index in [0.29, 0.717) is 34.8 Å². The molecule has 0 radical (unpaired) electrons. The van der Waals surface area contributed by atoms with Gasteiger partial charge in [-0.2, -0.15) is 22.7 Å². The van der Waals surface area contributed by atoms with Gasteiger partial charge in [-0.25, -0.2) is 0 Å². The maximum Gasteiger partial charge on any atom is 0.329 e. The van der Waals surface area contributed by atoms with Crippen LogP contribution in [0.15, 0.2) is 30.3 Å². The molecule has 7 nitrogen and oxygen atoms in total. The molecule has 1 saturated heterocycles. The average molecular weight is 435 g/mol. The second kappa shape index (κ2) is 6.56. The number of rotatable bonds is 2. The molecule has 2 aliphatic rings. The third-order valence-corrected chi connectivity index (χ3v) is 5.78. The van der Waals surface area contributed by atoms with Crippen LogP contribution in [0, 0.1) is 0 Å². The van der Waals surface area contributed by atoms with Gasteiger partial charge >= 0.3 is 11.8 Å². The minimum Gasteiger partial charge on any atom is -0.351 e. The summed E-state index contributed by atoms with van der Waals surface area (Å²) in [5.41, 5.74) is 1.91. The molecule has 0 aliphatic carbocycles. The van der Waals surface area contributed by atoms with Crippen LogP contribution in [0.25, 0.3) is 10.9 Å². The highest BCUT2D eigenvalue weighted by Crippen LogP contribution is 2.41. The van der Waals surface area contributed by atoms with E-state index in [-0.39, 0.29) is 18.1 Å². The lowest BCUT2D eigenvalue weighted by Gasteiger charge is -2.27. The number of fused-ring (bicyclic) bond motifs is 2. The lowest BCUT2D eigenvalue weighted by molar-refractivity contribution is -0.172. The topological polar surface area (TPSA) is 85.1 Å². The number of hydrogen-bond acceptors (Lipinski definition) is 3. The van der Waals surface area contributed by atoms with Crippen LogP contribution >= 0.6 is 0 Å². The number of aromatic amines is 2. The number of benzene rings is 1. The van der Waals surface area contributed by atoms with E-state index in [2.05, 4.69) is 15.2 Å². The number of H-pyrrole nitrogens is 2. The number of carbonyl (C=O) groups excluding carboxylic acids is 2. The Labute approximate surface area is 173 Å². The summed E-state index contributed by atoms with van der Waals surface area (Å²) in [6.45, 7) is -2.38. The van der Waals surface area contributed by atoms with Crippen LogP contribution in [-0.2, 0) is 13.0 Å². The molecule has 1 fully saturated rings. The summed E-state index contributed by atoms with van der Waals surface area (Å²) >= 11 is 0. The highest BCUT2D eigenvalue weighted by atomic mass is 19.3. The van der Waals surface area contributed by atoms with Crippen LogP contribution in [-0.4, -0.2) is 68.3 Å². The molecule has 0 atom stereocenters. The summed E-state index contributed by atoms with van der Waals surface area (Å²) in [6.07, 6.45) is 0.369. The zero-order valence-corrected chi connectivity index (χ0v) is 16.1. The molecule has 0 unspecified atom stereocenters. The van der Waals surface area contributed by atoms with E-state index >= 15 is 0 Å². The van der Waals surface area contributed by atoms with Gasteiger partial charge in [-0.1, -0.05) is 18.2 Å². The highest BCUT2D eigenvalue weighted by Gasteiger charge is 2.64. The molecule has 0 spiro atoms. The Kier molecular flexibility index (Phi) is 4.15. The summed E-state index contributed by atoms with van der Waals surface area (Å²) in [5, 5.41) is 7.44. The van der Waals surface area contributed by atoms with E-state index in [9.17, 15) is 27.2 Å². The Balaban J connectivity index is 1.39. The molecule has 11 heteroatoms. The van der Waals surface area contributed by atoms with Crippen molar-refractivity contribution in [2.24, 2.45) is 0 Å². The van der Waals surface area contributed by atoms with Crippen molar-refractivity contribution in [2.45, 2.75) is 24.8 Å². The van der Waals surface area contributed by atoms with Crippen molar-refractivity contribution in [3.05, 3.63) is 53.0 Å². The zero-order valence-electron chi connectivity index (χ0n) is 16.1. The SMILES string of the molecule is O=C(c1cc2ccccc2[nH]1)N1CCc2[nH]nc(C(=O)N3CC(F)(F)C(F)(F)C3)c2C1. The van der Waals surface area contributed by atoms with Crippen molar-refractivity contribution in [2.75, 3.05) is 19.6 Å². The summed E-state index contributed by atoms with van der Waals surface area (Å²) in [4.78, 5) is 30.6. The van der Waals surface area contributed by atoms with Crippen LogP contribution in [0.4, 0.5) is 17.6 Å². The zero-order chi connectivity index (χ0) is 22.0. The third-order valence-electron chi connectivity index (χ3n) is 5.78. The van der Waals surface area contributed by atoms with E-state index < -0.39 is 30.8 Å². The Morgan fingerprint density at radius 2 is 1.71 bits per heavy atom. The van der Waals surface area contributed by atoms with Crippen LogP contribution in [0.5, 0.6) is 0 Å². The first kappa shape index (κ1) is 19.6. The minimum absolute atomic E-state index is 0.0156. The number of aromatic nitrogens is 3. The van der Waals surface area contributed by atoms with Crippen molar-refractivity contribution in [3.8, 4) is 0 Å². The van der Waals surface area contributed by atoms with Gasteiger partial charge < -0.3 is 14.8 Å². The Morgan fingerprint density at radius 3 is 2.42 bits per heavy atom. The smallest absolute Gasteiger partial charge is 0.329 e. The molecule has 0 saturated carbocycles. The number of halogens is 4. The first-order chi connectivity index (χ1) is 14.7.